The van der Waals surface area contributed by atoms with Crippen molar-refractivity contribution < 1.29 is 14.3 Å². The van der Waals surface area contributed by atoms with Crippen molar-refractivity contribution in [2.45, 2.75) is 46.5 Å². The fourth-order valence-corrected chi connectivity index (χ4v) is 3.98. The van der Waals surface area contributed by atoms with Gasteiger partial charge in [-0.05, 0) is 46.7 Å². The highest BCUT2D eigenvalue weighted by Gasteiger charge is 2.24. The first-order valence-electron chi connectivity index (χ1n) is 9.11. The molecule has 1 fully saturated rings. The maximum atomic E-state index is 12.6. The van der Waals surface area contributed by atoms with Crippen molar-refractivity contribution in [3.05, 3.63) is 33.7 Å². The topological polar surface area (TPSA) is 70.4 Å². The number of rotatable bonds is 5. The molecule has 1 aliphatic rings. The molecule has 1 heterocycles. The summed E-state index contributed by atoms with van der Waals surface area (Å²) in [6.45, 7) is 10.3. The molecule has 0 saturated carbocycles. The summed E-state index contributed by atoms with van der Waals surface area (Å²) in [5.41, 5.74) is 2.81. The maximum absolute atomic E-state index is 12.6. The Morgan fingerprint density at radius 2 is 1.89 bits per heavy atom. The fraction of sp³-hybridized carbons (Fsp3) is 0.476. The van der Waals surface area contributed by atoms with Crippen molar-refractivity contribution in [3.8, 4) is 11.8 Å². The van der Waals surface area contributed by atoms with Gasteiger partial charge >= 0.3 is 5.97 Å². The van der Waals surface area contributed by atoms with E-state index in [0.717, 1.165) is 22.4 Å². The zero-order valence-electron chi connectivity index (χ0n) is 16.5. The number of carbonyl (C=O) groups excluding carboxylic acids is 2. The number of benzene rings is 1. The third kappa shape index (κ3) is 5.14. The molecule has 1 amide bonds. The molecule has 6 heteroatoms. The highest BCUT2D eigenvalue weighted by molar-refractivity contribution is 8.04. The molecule has 0 radical (unpaired) electrons. The van der Waals surface area contributed by atoms with Gasteiger partial charge in [0, 0.05) is 19.2 Å². The van der Waals surface area contributed by atoms with Crippen LogP contribution in [0.5, 0.6) is 5.75 Å². The summed E-state index contributed by atoms with van der Waals surface area (Å²) in [5, 5.41) is 8.90. The minimum absolute atomic E-state index is 0.103. The largest absolute Gasteiger partial charge is 0.426 e. The second kappa shape index (κ2) is 9.09. The van der Waals surface area contributed by atoms with Crippen LogP contribution < -0.4 is 4.74 Å². The van der Waals surface area contributed by atoms with Gasteiger partial charge in [-0.3, -0.25) is 9.59 Å². The Morgan fingerprint density at radius 3 is 2.37 bits per heavy atom. The number of amides is 1. The van der Waals surface area contributed by atoms with Gasteiger partial charge in [-0.15, -0.1) is 11.8 Å². The predicted octanol–water partition coefficient (Wildman–Crippen LogP) is 4.30. The van der Waals surface area contributed by atoms with Crippen molar-refractivity contribution >= 4 is 29.7 Å². The number of thioether (sulfide) groups is 1. The highest BCUT2D eigenvalue weighted by atomic mass is 32.2. The minimum Gasteiger partial charge on any atom is -0.426 e. The third-order valence-electron chi connectivity index (χ3n) is 4.33. The monoisotopic (exact) mass is 386 g/mol. The molecule has 0 N–H and O–H groups in total. The maximum Gasteiger partial charge on any atom is 0.308 e. The van der Waals surface area contributed by atoms with Crippen LogP contribution >= 0.6 is 11.8 Å². The Bertz CT molecular complexity index is 777. The number of carbonyl (C=O) groups is 2. The Kier molecular flexibility index (Phi) is 7.09. The molecule has 1 aromatic carbocycles. The lowest BCUT2D eigenvalue weighted by atomic mass is 9.91. The molecular weight excluding hydrogens is 360 g/mol. The van der Waals surface area contributed by atoms with E-state index in [2.05, 4.69) is 27.7 Å². The lowest BCUT2D eigenvalue weighted by molar-refractivity contribution is -0.132. The van der Waals surface area contributed by atoms with Crippen LogP contribution in [0.25, 0.3) is 6.08 Å². The first kappa shape index (κ1) is 21.0. The number of nitrogens with zero attached hydrogens (tertiary/aromatic N) is 2. The molecule has 5 nitrogen and oxygen atoms in total. The van der Waals surface area contributed by atoms with Crippen molar-refractivity contribution in [2.75, 3.05) is 18.8 Å². The van der Waals surface area contributed by atoms with Gasteiger partial charge in [0.25, 0.3) is 5.91 Å². The average Bonchev–Trinajstić information content (AvgIpc) is 2.58. The molecule has 1 saturated heterocycles. The number of nitriles is 1. The van der Waals surface area contributed by atoms with Crippen molar-refractivity contribution in [1.29, 1.82) is 5.26 Å². The summed E-state index contributed by atoms with van der Waals surface area (Å²) >= 11 is 1.51. The van der Waals surface area contributed by atoms with Gasteiger partial charge in [0.2, 0.25) is 0 Å². The van der Waals surface area contributed by atoms with E-state index in [4.69, 9.17) is 10.00 Å². The average molecular weight is 387 g/mol. The van der Waals surface area contributed by atoms with Crippen LogP contribution in [0, 0.1) is 11.3 Å². The lowest BCUT2D eigenvalue weighted by Gasteiger charge is -2.26. The van der Waals surface area contributed by atoms with Gasteiger partial charge < -0.3 is 9.64 Å². The van der Waals surface area contributed by atoms with Crippen molar-refractivity contribution in [3.63, 3.8) is 0 Å². The summed E-state index contributed by atoms with van der Waals surface area (Å²) < 4.78 is 5.54. The van der Waals surface area contributed by atoms with E-state index in [-0.39, 0.29) is 30.3 Å². The van der Waals surface area contributed by atoms with Crippen LogP contribution in [0.4, 0.5) is 0 Å². The van der Waals surface area contributed by atoms with Gasteiger partial charge in [0.1, 0.15) is 12.3 Å². The SMILES string of the molecule is CC(=O)Oc1c(C(C)C)cc(C=C2SCCN(CC#N)C2=O)cc1C(C)C. The van der Waals surface area contributed by atoms with Gasteiger partial charge in [-0.2, -0.15) is 5.26 Å². The predicted molar refractivity (Wildman–Crippen MR) is 109 cm³/mol. The van der Waals surface area contributed by atoms with Gasteiger partial charge in [-0.25, -0.2) is 0 Å². The zero-order valence-corrected chi connectivity index (χ0v) is 17.4. The standard InChI is InChI=1S/C21H26N2O3S/c1-13(2)17-10-16(11-18(14(3)4)20(17)26-15(5)24)12-19-21(25)23(7-6-22)8-9-27-19/h10-14H,7-9H2,1-5H3. The van der Waals surface area contributed by atoms with E-state index >= 15 is 0 Å². The molecule has 1 aromatic rings. The van der Waals surface area contributed by atoms with Gasteiger partial charge in [-0.1, -0.05) is 27.7 Å². The summed E-state index contributed by atoms with van der Waals surface area (Å²) in [7, 11) is 0. The third-order valence-corrected chi connectivity index (χ3v) is 5.32. The molecule has 1 aliphatic heterocycles. The summed E-state index contributed by atoms with van der Waals surface area (Å²) in [5.74, 6) is 1.30. The Balaban J connectivity index is 2.52. The fourth-order valence-electron chi connectivity index (χ4n) is 2.98. The van der Waals surface area contributed by atoms with Crippen molar-refractivity contribution in [1.82, 2.24) is 4.90 Å². The van der Waals surface area contributed by atoms with E-state index in [9.17, 15) is 9.59 Å². The lowest BCUT2D eigenvalue weighted by Crippen LogP contribution is -2.37. The number of hydrogen-bond donors (Lipinski definition) is 0. The molecule has 0 aromatic heterocycles. The Labute approximate surface area is 165 Å². The first-order chi connectivity index (χ1) is 12.7. The zero-order chi connectivity index (χ0) is 20.1. The Morgan fingerprint density at radius 1 is 1.30 bits per heavy atom. The summed E-state index contributed by atoms with van der Waals surface area (Å²) in [4.78, 5) is 26.4. The van der Waals surface area contributed by atoms with Crippen LogP contribution in [0.3, 0.4) is 0 Å². The normalized spacial score (nSPS) is 16.1. The second-order valence-corrected chi connectivity index (χ2v) is 8.31. The molecule has 27 heavy (non-hydrogen) atoms. The number of esters is 1. The van der Waals surface area contributed by atoms with Crippen LogP contribution in [-0.4, -0.2) is 35.6 Å². The molecule has 2 rings (SSSR count). The molecule has 0 spiro atoms. The van der Waals surface area contributed by atoms with E-state index in [0.29, 0.717) is 17.2 Å². The summed E-state index contributed by atoms with van der Waals surface area (Å²) in [6.07, 6.45) is 1.88. The van der Waals surface area contributed by atoms with Crippen LogP contribution in [0.2, 0.25) is 0 Å². The van der Waals surface area contributed by atoms with E-state index in [1.807, 2.05) is 24.3 Å². The molecule has 144 valence electrons. The first-order valence-corrected chi connectivity index (χ1v) is 10.1. The number of hydrogen-bond acceptors (Lipinski definition) is 5. The van der Waals surface area contributed by atoms with Crippen LogP contribution in [0.1, 0.15) is 63.1 Å². The Hall–Kier alpha value is -2.26. The molecule has 0 aliphatic carbocycles. The van der Waals surface area contributed by atoms with Gasteiger partial charge in [0.15, 0.2) is 0 Å². The van der Waals surface area contributed by atoms with E-state index < -0.39 is 0 Å². The minimum atomic E-state index is -0.338. The van der Waals surface area contributed by atoms with Crippen LogP contribution in [0.15, 0.2) is 17.0 Å². The quantitative estimate of drug-likeness (QED) is 0.327. The highest BCUT2D eigenvalue weighted by Crippen LogP contribution is 2.37. The number of ether oxygens (including phenoxy) is 1. The summed E-state index contributed by atoms with van der Waals surface area (Å²) in [6, 6.07) is 6.02. The molecular formula is C21H26N2O3S. The van der Waals surface area contributed by atoms with E-state index in [1.165, 1.54) is 18.7 Å². The second-order valence-electron chi connectivity index (χ2n) is 7.17. The van der Waals surface area contributed by atoms with Gasteiger partial charge in [0.05, 0.1) is 11.0 Å². The molecule has 0 atom stereocenters. The molecule has 0 bridgehead atoms. The van der Waals surface area contributed by atoms with Crippen LogP contribution in [-0.2, 0) is 9.59 Å². The molecule has 0 unspecified atom stereocenters. The van der Waals surface area contributed by atoms with E-state index in [1.54, 1.807) is 4.90 Å². The smallest absolute Gasteiger partial charge is 0.308 e. The van der Waals surface area contributed by atoms with Crippen molar-refractivity contribution in [2.24, 2.45) is 0 Å².